The average molecular weight is 219 g/mol. The first-order chi connectivity index (χ1) is 7.76. The molecule has 0 saturated heterocycles. The molecular formula is C11H13N3O2. The maximum Gasteiger partial charge on any atom is 0.258 e. The Kier molecular flexibility index (Phi) is 4.83. The van der Waals surface area contributed by atoms with Gasteiger partial charge in [0.05, 0.1) is 6.07 Å². The standard InChI is InChI=1S/C11H13N3O2/c12-5-6-14-11(15)8-16-10-3-1-9(7-13)2-4-10/h1-4H,6-8,13H2,(H,14,15). The molecule has 0 aromatic heterocycles. The van der Waals surface area contributed by atoms with E-state index in [0.717, 1.165) is 5.56 Å². The number of rotatable bonds is 5. The summed E-state index contributed by atoms with van der Waals surface area (Å²) >= 11 is 0. The number of carbonyl (C=O) groups excluding carboxylic acids is 1. The number of ether oxygens (including phenoxy) is 1. The maximum absolute atomic E-state index is 11.1. The summed E-state index contributed by atoms with van der Waals surface area (Å²) in [6.07, 6.45) is 0. The summed E-state index contributed by atoms with van der Waals surface area (Å²) in [5, 5.41) is 10.6. The van der Waals surface area contributed by atoms with Crippen molar-refractivity contribution in [2.45, 2.75) is 6.54 Å². The molecule has 84 valence electrons. The van der Waals surface area contributed by atoms with Crippen molar-refractivity contribution in [3.05, 3.63) is 29.8 Å². The average Bonchev–Trinajstić information content (AvgIpc) is 2.34. The molecule has 0 unspecified atom stereocenters. The monoisotopic (exact) mass is 219 g/mol. The third-order valence-corrected chi connectivity index (χ3v) is 1.89. The van der Waals surface area contributed by atoms with Gasteiger partial charge in [-0.3, -0.25) is 4.79 Å². The second-order valence-corrected chi connectivity index (χ2v) is 3.07. The van der Waals surface area contributed by atoms with Crippen molar-refractivity contribution in [2.75, 3.05) is 13.2 Å². The van der Waals surface area contributed by atoms with Crippen LogP contribution in [0.4, 0.5) is 0 Å². The Bertz CT molecular complexity index is 381. The summed E-state index contributed by atoms with van der Waals surface area (Å²) < 4.78 is 5.20. The van der Waals surface area contributed by atoms with Crippen molar-refractivity contribution in [2.24, 2.45) is 5.73 Å². The minimum absolute atomic E-state index is 0.00565. The molecular weight excluding hydrogens is 206 g/mol. The van der Waals surface area contributed by atoms with Crippen LogP contribution in [0.5, 0.6) is 5.75 Å². The van der Waals surface area contributed by atoms with Gasteiger partial charge in [0, 0.05) is 6.54 Å². The number of amides is 1. The zero-order valence-electron chi connectivity index (χ0n) is 8.77. The molecule has 0 heterocycles. The molecule has 3 N–H and O–H groups in total. The smallest absolute Gasteiger partial charge is 0.258 e. The van der Waals surface area contributed by atoms with Gasteiger partial charge >= 0.3 is 0 Å². The van der Waals surface area contributed by atoms with Crippen LogP contribution in [0.3, 0.4) is 0 Å². The highest BCUT2D eigenvalue weighted by Crippen LogP contribution is 2.11. The summed E-state index contributed by atoms with van der Waals surface area (Å²) in [6, 6.07) is 8.98. The minimum atomic E-state index is -0.315. The lowest BCUT2D eigenvalue weighted by Crippen LogP contribution is -2.28. The van der Waals surface area contributed by atoms with Gasteiger partial charge in [0.15, 0.2) is 6.61 Å². The zero-order valence-corrected chi connectivity index (χ0v) is 8.77. The largest absolute Gasteiger partial charge is 0.484 e. The molecule has 5 nitrogen and oxygen atoms in total. The second-order valence-electron chi connectivity index (χ2n) is 3.07. The van der Waals surface area contributed by atoms with E-state index in [0.29, 0.717) is 12.3 Å². The molecule has 0 fully saturated rings. The van der Waals surface area contributed by atoms with Gasteiger partial charge in [-0.15, -0.1) is 0 Å². The molecule has 1 rings (SSSR count). The van der Waals surface area contributed by atoms with E-state index in [2.05, 4.69) is 5.32 Å². The van der Waals surface area contributed by atoms with Crippen molar-refractivity contribution in [1.29, 1.82) is 5.26 Å². The Balaban J connectivity index is 2.37. The highest BCUT2D eigenvalue weighted by molar-refractivity contribution is 5.77. The number of nitriles is 1. The summed E-state index contributed by atoms with van der Waals surface area (Å²) in [6.45, 7) is 0.376. The van der Waals surface area contributed by atoms with E-state index in [-0.39, 0.29) is 19.1 Å². The third kappa shape index (κ3) is 3.98. The van der Waals surface area contributed by atoms with Crippen LogP contribution in [-0.4, -0.2) is 19.1 Å². The molecule has 1 amide bonds. The van der Waals surface area contributed by atoms with Gasteiger partial charge < -0.3 is 15.8 Å². The fourth-order valence-electron chi connectivity index (χ4n) is 1.06. The summed E-state index contributed by atoms with van der Waals surface area (Å²) in [4.78, 5) is 11.1. The fourth-order valence-corrected chi connectivity index (χ4v) is 1.06. The minimum Gasteiger partial charge on any atom is -0.484 e. The number of hydrogen-bond acceptors (Lipinski definition) is 4. The molecule has 0 atom stereocenters. The predicted octanol–water partition coefficient (Wildman–Crippen LogP) is 0.164. The lowest BCUT2D eigenvalue weighted by molar-refractivity contribution is -0.122. The fraction of sp³-hybridized carbons (Fsp3) is 0.273. The van der Waals surface area contributed by atoms with E-state index in [4.69, 9.17) is 15.7 Å². The van der Waals surface area contributed by atoms with Crippen LogP contribution in [0.25, 0.3) is 0 Å². The molecule has 5 heteroatoms. The Hall–Kier alpha value is -2.06. The van der Waals surface area contributed by atoms with Gasteiger partial charge in [0.1, 0.15) is 12.3 Å². The summed E-state index contributed by atoms with van der Waals surface area (Å²) in [5.41, 5.74) is 6.44. The van der Waals surface area contributed by atoms with Gasteiger partial charge in [-0.25, -0.2) is 0 Å². The molecule has 1 aromatic carbocycles. The Morgan fingerprint density at radius 3 is 2.69 bits per heavy atom. The SMILES string of the molecule is N#CCNC(=O)COc1ccc(CN)cc1. The molecule has 0 aliphatic carbocycles. The highest BCUT2D eigenvalue weighted by Gasteiger charge is 2.01. The number of hydrogen-bond donors (Lipinski definition) is 2. The number of nitrogens with one attached hydrogen (secondary N) is 1. The molecule has 0 aliphatic rings. The van der Waals surface area contributed by atoms with Crippen LogP contribution < -0.4 is 15.8 Å². The molecule has 16 heavy (non-hydrogen) atoms. The summed E-state index contributed by atoms with van der Waals surface area (Å²) in [5.74, 6) is 0.286. The van der Waals surface area contributed by atoms with E-state index in [1.807, 2.05) is 18.2 Å². The van der Waals surface area contributed by atoms with Crippen LogP contribution in [-0.2, 0) is 11.3 Å². The second kappa shape index (κ2) is 6.43. The lowest BCUT2D eigenvalue weighted by Gasteiger charge is -2.05. The van der Waals surface area contributed by atoms with Gasteiger partial charge in [-0.2, -0.15) is 5.26 Å². The molecule has 0 spiro atoms. The van der Waals surface area contributed by atoms with E-state index < -0.39 is 0 Å². The quantitative estimate of drug-likeness (QED) is 0.691. The van der Waals surface area contributed by atoms with Gasteiger partial charge in [0.2, 0.25) is 0 Å². The lowest BCUT2D eigenvalue weighted by atomic mass is 10.2. The van der Waals surface area contributed by atoms with Crippen LogP contribution in [0.2, 0.25) is 0 Å². The zero-order chi connectivity index (χ0) is 11.8. The highest BCUT2D eigenvalue weighted by atomic mass is 16.5. The van der Waals surface area contributed by atoms with E-state index >= 15 is 0 Å². The van der Waals surface area contributed by atoms with Crippen LogP contribution >= 0.6 is 0 Å². The molecule has 0 radical (unpaired) electrons. The normalized spacial score (nSPS) is 9.25. The van der Waals surface area contributed by atoms with Gasteiger partial charge in [-0.05, 0) is 17.7 Å². The number of nitrogens with two attached hydrogens (primary N) is 1. The van der Waals surface area contributed by atoms with Gasteiger partial charge in [-0.1, -0.05) is 12.1 Å². The van der Waals surface area contributed by atoms with Crippen molar-refractivity contribution in [1.82, 2.24) is 5.32 Å². The first-order valence-corrected chi connectivity index (χ1v) is 4.81. The topological polar surface area (TPSA) is 88.1 Å². The van der Waals surface area contributed by atoms with Crippen molar-refractivity contribution in [3.8, 4) is 11.8 Å². The maximum atomic E-state index is 11.1. The van der Waals surface area contributed by atoms with Crippen molar-refractivity contribution in [3.63, 3.8) is 0 Å². The third-order valence-electron chi connectivity index (χ3n) is 1.89. The van der Waals surface area contributed by atoms with Gasteiger partial charge in [0.25, 0.3) is 5.91 Å². The molecule has 0 saturated carbocycles. The molecule has 1 aromatic rings. The Labute approximate surface area is 93.8 Å². The number of nitrogens with zero attached hydrogens (tertiary/aromatic N) is 1. The first kappa shape index (κ1) is 12.0. The number of carbonyl (C=O) groups is 1. The van der Waals surface area contributed by atoms with E-state index in [9.17, 15) is 4.79 Å². The van der Waals surface area contributed by atoms with Crippen molar-refractivity contribution >= 4 is 5.91 Å². The number of benzene rings is 1. The molecule has 0 bridgehead atoms. The van der Waals surface area contributed by atoms with E-state index in [1.54, 1.807) is 12.1 Å². The van der Waals surface area contributed by atoms with Crippen molar-refractivity contribution < 1.29 is 9.53 Å². The predicted molar refractivity (Wildman–Crippen MR) is 58.5 cm³/mol. The summed E-state index contributed by atoms with van der Waals surface area (Å²) in [7, 11) is 0. The first-order valence-electron chi connectivity index (χ1n) is 4.81. The Morgan fingerprint density at radius 1 is 1.44 bits per heavy atom. The van der Waals surface area contributed by atoms with Crippen LogP contribution in [0, 0.1) is 11.3 Å². The van der Waals surface area contributed by atoms with Crippen LogP contribution in [0.1, 0.15) is 5.56 Å². The Morgan fingerprint density at radius 2 is 2.12 bits per heavy atom. The van der Waals surface area contributed by atoms with E-state index in [1.165, 1.54) is 0 Å². The van der Waals surface area contributed by atoms with Crippen LogP contribution in [0.15, 0.2) is 24.3 Å². The molecule has 0 aliphatic heterocycles.